The van der Waals surface area contributed by atoms with Crippen molar-refractivity contribution in [3.63, 3.8) is 0 Å². The predicted octanol–water partition coefficient (Wildman–Crippen LogP) is 2.39. The van der Waals surface area contributed by atoms with E-state index in [1.807, 2.05) is 36.3 Å². The fourth-order valence-corrected chi connectivity index (χ4v) is 2.42. The lowest BCUT2D eigenvalue weighted by molar-refractivity contribution is 0.366. The second-order valence-corrected chi connectivity index (χ2v) is 5.56. The van der Waals surface area contributed by atoms with Gasteiger partial charge in [0.25, 0.3) is 0 Å². The Kier molecular flexibility index (Phi) is 3.91. The molecule has 0 aliphatic rings. The molecule has 2 heterocycles. The van der Waals surface area contributed by atoms with Gasteiger partial charge in [-0.3, -0.25) is 4.68 Å². The summed E-state index contributed by atoms with van der Waals surface area (Å²) in [6, 6.07) is 2.67. The smallest absolute Gasteiger partial charge is 0.0897 e. The summed E-state index contributed by atoms with van der Waals surface area (Å²) < 4.78 is 1.98. The average Bonchev–Trinajstić information content (AvgIpc) is 2.95. The van der Waals surface area contributed by atoms with E-state index >= 15 is 0 Å². The second-order valence-electron chi connectivity index (χ2n) is 4.24. The highest BCUT2D eigenvalue weighted by molar-refractivity contribution is 7.11. The maximum Gasteiger partial charge on any atom is 0.0897 e. The minimum Gasteiger partial charge on any atom is -0.307 e. The van der Waals surface area contributed by atoms with Crippen LogP contribution < -0.4 is 5.32 Å². The zero-order valence-corrected chi connectivity index (χ0v) is 11.2. The molecule has 5 heteroatoms. The molecule has 0 saturated heterocycles. The Balaban J connectivity index is 1.87. The predicted molar refractivity (Wildman–Crippen MR) is 70.1 cm³/mol. The van der Waals surface area contributed by atoms with Crippen molar-refractivity contribution >= 4 is 11.3 Å². The molecule has 0 fully saturated rings. The number of aryl methyl sites for hydroxylation is 1. The summed E-state index contributed by atoms with van der Waals surface area (Å²) in [4.78, 5) is 5.53. The Labute approximate surface area is 106 Å². The molecule has 0 bridgehead atoms. The number of hydrogen-bond acceptors (Lipinski definition) is 4. The third kappa shape index (κ3) is 3.14. The first-order chi connectivity index (χ1) is 8.16. The minimum absolute atomic E-state index is 0.346. The summed E-state index contributed by atoms with van der Waals surface area (Å²) in [5, 5.41) is 8.89. The van der Waals surface area contributed by atoms with E-state index in [0.29, 0.717) is 12.1 Å². The molecule has 0 aromatic carbocycles. The van der Waals surface area contributed by atoms with E-state index in [1.54, 1.807) is 11.3 Å². The van der Waals surface area contributed by atoms with Gasteiger partial charge < -0.3 is 5.32 Å². The van der Waals surface area contributed by atoms with Crippen molar-refractivity contribution in [3.05, 3.63) is 34.5 Å². The van der Waals surface area contributed by atoms with Crippen molar-refractivity contribution in [3.8, 4) is 0 Å². The second kappa shape index (κ2) is 5.42. The van der Waals surface area contributed by atoms with Gasteiger partial charge in [-0.05, 0) is 26.8 Å². The van der Waals surface area contributed by atoms with E-state index in [2.05, 4.69) is 29.2 Å². The zero-order chi connectivity index (χ0) is 12.3. The van der Waals surface area contributed by atoms with Crippen molar-refractivity contribution < 1.29 is 0 Å². The average molecular weight is 250 g/mol. The fraction of sp³-hybridized carbons (Fsp3) is 0.500. The van der Waals surface area contributed by atoms with E-state index in [4.69, 9.17) is 0 Å². The molecule has 0 aliphatic carbocycles. The maximum atomic E-state index is 4.26. The lowest BCUT2D eigenvalue weighted by Gasteiger charge is -2.21. The highest BCUT2D eigenvalue weighted by Crippen LogP contribution is 2.13. The van der Waals surface area contributed by atoms with Gasteiger partial charge in [0, 0.05) is 36.1 Å². The van der Waals surface area contributed by atoms with Gasteiger partial charge in [-0.15, -0.1) is 11.3 Å². The zero-order valence-electron chi connectivity index (χ0n) is 10.4. The first-order valence-electron chi connectivity index (χ1n) is 5.80. The van der Waals surface area contributed by atoms with Crippen molar-refractivity contribution in [2.45, 2.75) is 39.4 Å². The first kappa shape index (κ1) is 12.3. The number of rotatable bonds is 5. The van der Waals surface area contributed by atoms with E-state index in [-0.39, 0.29) is 0 Å². The summed E-state index contributed by atoms with van der Waals surface area (Å²) in [5.74, 6) is 0. The molecule has 0 spiro atoms. The minimum atomic E-state index is 0.346. The topological polar surface area (TPSA) is 42.7 Å². The Bertz CT molecular complexity index is 449. The van der Waals surface area contributed by atoms with Gasteiger partial charge in [0.15, 0.2) is 0 Å². The highest BCUT2D eigenvalue weighted by atomic mass is 32.1. The molecule has 2 aromatic rings. The van der Waals surface area contributed by atoms with E-state index in [1.165, 1.54) is 4.88 Å². The number of aromatic nitrogens is 3. The molecule has 4 nitrogen and oxygen atoms in total. The number of thiazole rings is 1. The standard InChI is InChI=1S/C12H18N4S/c1-9(10(2)16-6-4-5-15-16)13-7-12-8-14-11(3)17-12/h4-6,8-10,13H,7H2,1-3H3/t9-,10+/m0/s1. The number of hydrogen-bond donors (Lipinski definition) is 1. The molecule has 17 heavy (non-hydrogen) atoms. The third-order valence-electron chi connectivity index (χ3n) is 2.93. The Morgan fingerprint density at radius 2 is 2.29 bits per heavy atom. The van der Waals surface area contributed by atoms with Crippen LogP contribution in [0.4, 0.5) is 0 Å². The maximum absolute atomic E-state index is 4.26. The normalized spacial score (nSPS) is 14.8. The first-order valence-corrected chi connectivity index (χ1v) is 6.62. The van der Waals surface area contributed by atoms with Crippen LogP contribution >= 0.6 is 11.3 Å². The number of nitrogens with zero attached hydrogens (tertiary/aromatic N) is 3. The van der Waals surface area contributed by atoms with Crippen LogP contribution in [0.1, 0.15) is 29.8 Å². The lowest BCUT2D eigenvalue weighted by atomic mass is 10.2. The lowest BCUT2D eigenvalue weighted by Crippen LogP contribution is -2.33. The van der Waals surface area contributed by atoms with Gasteiger partial charge in [-0.1, -0.05) is 0 Å². The van der Waals surface area contributed by atoms with Crippen LogP contribution in [-0.4, -0.2) is 20.8 Å². The molecule has 1 N–H and O–H groups in total. The Hall–Kier alpha value is -1.20. The molecule has 0 radical (unpaired) electrons. The third-order valence-corrected chi connectivity index (χ3v) is 3.85. The summed E-state index contributed by atoms with van der Waals surface area (Å²) in [7, 11) is 0. The summed E-state index contributed by atoms with van der Waals surface area (Å²) >= 11 is 1.74. The van der Waals surface area contributed by atoms with Crippen LogP contribution in [0.2, 0.25) is 0 Å². The van der Waals surface area contributed by atoms with Crippen LogP contribution in [0.25, 0.3) is 0 Å². The molecule has 0 saturated carbocycles. The highest BCUT2D eigenvalue weighted by Gasteiger charge is 2.13. The Morgan fingerprint density at radius 3 is 2.88 bits per heavy atom. The van der Waals surface area contributed by atoms with Crippen LogP contribution in [0.5, 0.6) is 0 Å². The van der Waals surface area contributed by atoms with Crippen molar-refractivity contribution in [1.29, 1.82) is 0 Å². The van der Waals surface area contributed by atoms with Gasteiger partial charge in [-0.25, -0.2) is 4.98 Å². The summed E-state index contributed by atoms with van der Waals surface area (Å²) in [5.41, 5.74) is 0. The van der Waals surface area contributed by atoms with Crippen LogP contribution in [-0.2, 0) is 6.54 Å². The monoisotopic (exact) mass is 250 g/mol. The fourth-order valence-electron chi connectivity index (χ4n) is 1.67. The van der Waals surface area contributed by atoms with Gasteiger partial charge in [-0.2, -0.15) is 5.10 Å². The van der Waals surface area contributed by atoms with Crippen molar-refractivity contribution in [2.75, 3.05) is 0 Å². The molecular weight excluding hydrogens is 232 g/mol. The van der Waals surface area contributed by atoms with Crippen LogP contribution in [0.15, 0.2) is 24.7 Å². The molecule has 0 aliphatic heterocycles. The molecule has 0 unspecified atom stereocenters. The van der Waals surface area contributed by atoms with Crippen LogP contribution in [0, 0.1) is 6.92 Å². The van der Waals surface area contributed by atoms with Gasteiger partial charge >= 0.3 is 0 Å². The summed E-state index contributed by atoms with van der Waals surface area (Å²) in [6.07, 6.45) is 5.76. The molecule has 2 atom stereocenters. The van der Waals surface area contributed by atoms with Crippen molar-refractivity contribution in [1.82, 2.24) is 20.1 Å². The van der Waals surface area contributed by atoms with Gasteiger partial charge in [0.1, 0.15) is 0 Å². The molecule has 0 amide bonds. The van der Waals surface area contributed by atoms with Gasteiger partial charge in [0.05, 0.1) is 11.0 Å². The van der Waals surface area contributed by atoms with Gasteiger partial charge in [0.2, 0.25) is 0 Å². The SMILES string of the molecule is Cc1ncc(CN[C@@H](C)[C@@H](C)n2cccn2)s1. The Morgan fingerprint density at radius 1 is 1.47 bits per heavy atom. The molecule has 92 valence electrons. The quantitative estimate of drug-likeness (QED) is 0.886. The van der Waals surface area contributed by atoms with E-state index < -0.39 is 0 Å². The largest absolute Gasteiger partial charge is 0.307 e. The van der Waals surface area contributed by atoms with E-state index in [9.17, 15) is 0 Å². The van der Waals surface area contributed by atoms with Crippen molar-refractivity contribution in [2.24, 2.45) is 0 Å². The molecule has 2 aromatic heterocycles. The molecule has 2 rings (SSSR count). The van der Waals surface area contributed by atoms with Crippen LogP contribution in [0.3, 0.4) is 0 Å². The number of nitrogens with one attached hydrogen (secondary N) is 1. The molecular formula is C12H18N4S. The van der Waals surface area contributed by atoms with E-state index in [0.717, 1.165) is 11.6 Å². The summed E-state index contributed by atoms with van der Waals surface area (Å²) in [6.45, 7) is 7.26.